The molecule has 0 aromatic heterocycles. The van der Waals surface area contributed by atoms with Gasteiger partial charge in [0.1, 0.15) is 5.75 Å². The first kappa shape index (κ1) is 20.6. The summed E-state index contributed by atoms with van der Waals surface area (Å²) in [4.78, 5) is 14.3. The molecule has 1 aromatic rings. The van der Waals surface area contributed by atoms with Crippen LogP contribution in [0.25, 0.3) is 0 Å². The Labute approximate surface area is 163 Å². The zero-order valence-electron chi connectivity index (χ0n) is 14.9. The van der Waals surface area contributed by atoms with Gasteiger partial charge in [-0.3, -0.25) is 4.79 Å². The molecule has 142 valence electrons. The minimum absolute atomic E-state index is 0.0220. The van der Waals surface area contributed by atoms with Gasteiger partial charge in [0.15, 0.2) is 0 Å². The lowest BCUT2D eigenvalue weighted by Crippen LogP contribution is -2.42. The summed E-state index contributed by atoms with van der Waals surface area (Å²) in [6.45, 7) is 4.22. The Kier molecular flexibility index (Phi) is 6.55. The maximum atomic E-state index is 12.6. The van der Waals surface area contributed by atoms with E-state index in [1.807, 2.05) is 0 Å². The van der Waals surface area contributed by atoms with Crippen molar-refractivity contribution in [3.8, 4) is 5.75 Å². The zero-order valence-corrected chi connectivity index (χ0v) is 16.4. The van der Waals surface area contributed by atoms with Crippen LogP contribution < -0.4 is 11.5 Å². The monoisotopic (exact) mass is 398 g/mol. The zero-order chi connectivity index (χ0) is 19.6. The van der Waals surface area contributed by atoms with Crippen molar-refractivity contribution in [1.29, 1.82) is 5.41 Å². The Morgan fingerprint density at radius 3 is 2.31 bits per heavy atom. The Bertz CT molecular complexity index is 752. The van der Waals surface area contributed by atoms with Crippen molar-refractivity contribution in [2.75, 3.05) is 13.1 Å². The van der Waals surface area contributed by atoms with Gasteiger partial charge in [-0.2, -0.15) is 0 Å². The molecule has 2 rings (SSSR count). The van der Waals surface area contributed by atoms with Crippen molar-refractivity contribution in [3.05, 3.63) is 39.0 Å². The van der Waals surface area contributed by atoms with Crippen molar-refractivity contribution >= 4 is 34.8 Å². The SMILES string of the molecule is CC(=N)/C(C(=O)N1CCC([C@@H](N)c2cc(Cl)c(Cl)cc2O)CC1)=C(/C)N. The van der Waals surface area contributed by atoms with Crippen LogP contribution >= 0.6 is 23.2 Å². The lowest BCUT2D eigenvalue weighted by atomic mass is 9.85. The summed E-state index contributed by atoms with van der Waals surface area (Å²) in [6, 6.07) is 2.59. The van der Waals surface area contributed by atoms with Crippen molar-refractivity contribution in [1.82, 2.24) is 4.90 Å². The lowest BCUT2D eigenvalue weighted by molar-refractivity contribution is -0.128. The van der Waals surface area contributed by atoms with Gasteiger partial charge in [-0.05, 0) is 38.7 Å². The van der Waals surface area contributed by atoms with Crippen LogP contribution in [0, 0.1) is 11.3 Å². The maximum absolute atomic E-state index is 12.6. The third-order valence-electron chi connectivity index (χ3n) is 4.75. The van der Waals surface area contributed by atoms with Crippen LogP contribution in [-0.4, -0.2) is 34.7 Å². The Morgan fingerprint density at radius 2 is 1.81 bits per heavy atom. The molecular formula is C18H24Cl2N4O2. The fourth-order valence-corrected chi connectivity index (χ4v) is 3.65. The topological polar surface area (TPSA) is 116 Å². The highest BCUT2D eigenvalue weighted by Gasteiger charge is 2.30. The quantitative estimate of drug-likeness (QED) is 0.459. The van der Waals surface area contributed by atoms with Gasteiger partial charge in [-0.15, -0.1) is 0 Å². The van der Waals surface area contributed by atoms with Crippen LogP contribution in [0.3, 0.4) is 0 Å². The number of phenolic OH excluding ortho intramolecular Hbond substituents is 1. The van der Waals surface area contributed by atoms with Crippen molar-refractivity contribution < 1.29 is 9.90 Å². The molecule has 8 heteroatoms. The molecule has 1 amide bonds. The van der Waals surface area contributed by atoms with Crippen LogP contribution in [0.1, 0.15) is 38.3 Å². The summed E-state index contributed by atoms with van der Waals surface area (Å²) in [5.41, 5.74) is 13.4. The maximum Gasteiger partial charge on any atom is 0.257 e. The number of carbonyl (C=O) groups excluding carboxylic acids is 1. The van der Waals surface area contributed by atoms with Gasteiger partial charge in [-0.25, -0.2) is 0 Å². The summed E-state index contributed by atoms with van der Waals surface area (Å²) >= 11 is 11.9. The van der Waals surface area contributed by atoms with E-state index in [4.69, 9.17) is 40.1 Å². The van der Waals surface area contributed by atoms with Gasteiger partial charge < -0.3 is 26.9 Å². The van der Waals surface area contributed by atoms with E-state index in [9.17, 15) is 9.90 Å². The second-order valence-corrected chi connectivity index (χ2v) is 7.48. The second-order valence-electron chi connectivity index (χ2n) is 6.66. The van der Waals surface area contributed by atoms with E-state index in [1.165, 1.54) is 6.07 Å². The number of piperidine rings is 1. The van der Waals surface area contributed by atoms with Gasteiger partial charge in [0.25, 0.3) is 5.91 Å². The van der Waals surface area contributed by atoms with Gasteiger partial charge >= 0.3 is 0 Å². The number of likely N-dealkylation sites (tertiary alicyclic amines) is 1. The number of allylic oxidation sites excluding steroid dienone is 1. The van der Waals surface area contributed by atoms with E-state index in [-0.39, 0.29) is 33.9 Å². The summed E-state index contributed by atoms with van der Waals surface area (Å²) in [5, 5.41) is 18.5. The molecule has 0 aliphatic carbocycles. The van der Waals surface area contributed by atoms with Crippen LogP contribution in [0.4, 0.5) is 0 Å². The number of rotatable bonds is 4. The summed E-state index contributed by atoms with van der Waals surface area (Å²) < 4.78 is 0. The molecule has 6 N–H and O–H groups in total. The number of hydrogen-bond donors (Lipinski definition) is 4. The van der Waals surface area contributed by atoms with Crippen molar-refractivity contribution in [2.24, 2.45) is 17.4 Å². The van der Waals surface area contributed by atoms with E-state index in [2.05, 4.69) is 0 Å². The summed E-state index contributed by atoms with van der Waals surface area (Å²) in [7, 11) is 0. The standard InChI is InChI=1S/C18H24Cl2N4O2/c1-9(21)16(10(2)22)18(26)24-5-3-11(4-6-24)17(23)12-7-13(19)14(20)8-15(12)25/h7-8,11,17,21,25H,3-6,22-23H2,1-2H3/b16-10+,21-9?/t17-/m1/s1. The van der Waals surface area contributed by atoms with E-state index >= 15 is 0 Å². The molecule has 1 aromatic carbocycles. The molecule has 1 aliphatic rings. The minimum Gasteiger partial charge on any atom is -0.508 e. The molecule has 1 heterocycles. The number of amides is 1. The van der Waals surface area contributed by atoms with E-state index < -0.39 is 6.04 Å². The van der Waals surface area contributed by atoms with Crippen LogP contribution in [0.2, 0.25) is 10.0 Å². The average Bonchev–Trinajstić information content (AvgIpc) is 2.57. The van der Waals surface area contributed by atoms with E-state index in [0.29, 0.717) is 42.2 Å². The Morgan fingerprint density at radius 1 is 1.27 bits per heavy atom. The predicted octanol–water partition coefficient (Wildman–Crippen LogP) is 3.21. The van der Waals surface area contributed by atoms with Gasteiger partial charge in [0.05, 0.1) is 15.6 Å². The molecule has 0 bridgehead atoms. The van der Waals surface area contributed by atoms with Crippen LogP contribution in [-0.2, 0) is 4.79 Å². The van der Waals surface area contributed by atoms with Gasteiger partial charge in [0, 0.05) is 42.2 Å². The number of carbonyl (C=O) groups is 1. The average molecular weight is 399 g/mol. The second kappa shape index (κ2) is 8.29. The van der Waals surface area contributed by atoms with Gasteiger partial charge in [0.2, 0.25) is 0 Å². The van der Waals surface area contributed by atoms with Crippen molar-refractivity contribution in [3.63, 3.8) is 0 Å². The third-order valence-corrected chi connectivity index (χ3v) is 5.47. The Hall–Kier alpha value is -1.76. The number of aromatic hydroxyl groups is 1. The first-order valence-electron chi connectivity index (χ1n) is 8.38. The highest BCUT2D eigenvalue weighted by atomic mass is 35.5. The Balaban J connectivity index is 2.09. The molecule has 0 radical (unpaired) electrons. The predicted molar refractivity (Wildman–Crippen MR) is 105 cm³/mol. The molecule has 0 unspecified atom stereocenters. The molecule has 26 heavy (non-hydrogen) atoms. The first-order valence-corrected chi connectivity index (χ1v) is 9.13. The first-order chi connectivity index (χ1) is 12.1. The van der Waals surface area contributed by atoms with Crippen LogP contribution in [0.5, 0.6) is 5.75 Å². The molecule has 1 fully saturated rings. The number of halogens is 2. The molecule has 0 saturated carbocycles. The summed E-state index contributed by atoms with van der Waals surface area (Å²) in [6.07, 6.45) is 1.36. The highest BCUT2D eigenvalue weighted by molar-refractivity contribution is 6.42. The lowest BCUT2D eigenvalue weighted by Gasteiger charge is -2.35. The molecule has 1 saturated heterocycles. The number of phenols is 1. The summed E-state index contributed by atoms with van der Waals surface area (Å²) in [5.74, 6) is -0.106. The van der Waals surface area contributed by atoms with Crippen LogP contribution in [0.15, 0.2) is 23.4 Å². The fraction of sp³-hybridized carbons (Fsp3) is 0.444. The minimum atomic E-state index is -0.405. The molecular weight excluding hydrogens is 375 g/mol. The van der Waals surface area contributed by atoms with Crippen molar-refractivity contribution in [2.45, 2.75) is 32.7 Å². The molecule has 1 atom stereocenters. The smallest absolute Gasteiger partial charge is 0.257 e. The number of benzene rings is 1. The number of nitrogens with two attached hydrogens (primary N) is 2. The molecule has 1 aliphatic heterocycles. The van der Waals surface area contributed by atoms with E-state index in [0.717, 1.165) is 0 Å². The number of hydrogen-bond acceptors (Lipinski definition) is 5. The highest BCUT2D eigenvalue weighted by Crippen LogP contribution is 2.37. The molecule has 0 spiro atoms. The normalized spacial score (nSPS) is 17.7. The third kappa shape index (κ3) is 4.31. The fourth-order valence-electron chi connectivity index (χ4n) is 3.32. The van der Waals surface area contributed by atoms with E-state index in [1.54, 1.807) is 24.8 Å². The molecule has 6 nitrogen and oxygen atoms in total. The number of nitrogens with one attached hydrogen (secondary N) is 1. The van der Waals surface area contributed by atoms with Gasteiger partial charge in [-0.1, -0.05) is 23.2 Å². The largest absolute Gasteiger partial charge is 0.508 e. The number of nitrogens with zero attached hydrogens (tertiary/aromatic N) is 1.